The zero-order valence-corrected chi connectivity index (χ0v) is 18.4. The normalized spacial score (nSPS) is 10.8. The minimum absolute atomic E-state index is 0.127. The highest BCUT2D eigenvalue weighted by atomic mass is 16.5. The average Bonchev–Trinajstić information content (AvgIpc) is 2.79. The zero-order valence-electron chi connectivity index (χ0n) is 18.4. The first-order valence-corrected chi connectivity index (χ1v) is 10.5. The summed E-state index contributed by atoms with van der Waals surface area (Å²) in [4.78, 5) is 35.0. The number of hydrogen-bond donors (Lipinski definition) is 1. The summed E-state index contributed by atoms with van der Waals surface area (Å²) in [5.41, 5.74) is 4.26. The number of aromatic nitrogens is 2. The van der Waals surface area contributed by atoms with Crippen molar-refractivity contribution in [2.45, 2.75) is 27.3 Å². The van der Waals surface area contributed by atoms with E-state index in [2.05, 4.69) is 9.97 Å². The number of aryl methyl sites for hydroxylation is 2. The SMILES string of the molecule is CCOc1ccc2[nH]c(=O)c(CN(C(=O)c3cccnc3)c3ccc(C)cc3C)cc2c1. The van der Waals surface area contributed by atoms with Gasteiger partial charge in [-0.15, -0.1) is 0 Å². The Kier molecular flexibility index (Phi) is 6.03. The van der Waals surface area contributed by atoms with Gasteiger partial charge in [0, 0.05) is 34.5 Å². The molecule has 0 unspecified atom stereocenters. The van der Waals surface area contributed by atoms with E-state index in [1.165, 1.54) is 6.20 Å². The monoisotopic (exact) mass is 427 g/mol. The molecule has 0 radical (unpaired) electrons. The minimum Gasteiger partial charge on any atom is -0.494 e. The molecule has 0 saturated heterocycles. The third kappa shape index (κ3) is 4.39. The minimum atomic E-state index is -0.226. The average molecular weight is 428 g/mol. The number of hydrogen-bond acceptors (Lipinski definition) is 4. The van der Waals surface area contributed by atoms with Crippen LogP contribution < -0.4 is 15.2 Å². The van der Waals surface area contributed by atoms with Gasteiger partial charge in [-0.25, -0.2) is 0 Å². The quantitative estimate of drug-likeness (QED) is 0.480. The molecule has 2 heterocycles. The molecule has 0 fully saturated rings. The molecule has 32 heavy (non-hydrogen) atoms. The van der Waals surface area contributed by atoms with Crippen molar-refractivity contribution in [3.05, 3.63) is 99.6 Å². The van der Waals surface area contributed by atoms with Crippen LogP contribution >= 0.6 is 0 Å². The van der Waals surface area contributed by atoms with Gasteiger partial charge in [-0.1, -0.05) is 17.7 Å². The van der Waals surface area contributed by atoms with Gasteiger partial charge in [0.1, 0.15) is 5.75 Å². The highest BCUT2D eigenvalue weighted by Gasteiger charge is 2.21. The predicted octanol–water partition coefficient (Wildman–Crippen LogP) is 4.79. The van der Waals surface area contributed by atoms with Crippen molar-refractivity contribution in [3.8, 4) is 5.75 Å². The van der Waals surface area contributed by atoms with Crippen molar-refractivity contribution < 1.29 is 9.53 Å². The van der Waals surface area contributed by atoms with Gasteiger partial charge in [0.15, 0.2) is 0 Å². The molecular formula is C26H25N3O3. The number of carbonyl (C=O) groups is 1. The maximum absolute atomic E-state index is 13.5. The Morgan fingerprint density at radius 2 is 1.94 bits per heavy atom. The first-order valence-electron chi connectivity index (χ1n) is 10.5. The van der Waals surface area contributed by atoms with E-state index in [-0.39, 0.29) is 18.0 Å². The summed E-state index contributed by atoms with van der Waals surface area (Å²) >= 11 is 0. The molecule has 4 aromatic rings. The van der Waals surface area contributed by atoms with Gasteiger partial charge < -0.3 is 14.6 Å². The van der Waals surface area contributed by atoms with Crippen LogP contribution in [0.3, 0.4) is 0 Å². The number of amides is 1. The molecule has 0 bridgehead atoms. The molecule has 2 aromatic carbocycles. The van der Waals surface area contributed by atoms with E-state index in [1.807, 2.05) is 63.2 Å². The lowest BCUT2D eigenvalue weighted by atomic mass is 10.1. The van der Waals surface area contributed by atoms with Crippen LogP contribution in [-0.4, -0.2) is 22.5 Å². The van der Waals surface area contributed by atoms with Crippen LogP contribution in [0, 0.1) is 13.8 Å². The van der Waals surface area contributed by atoms with Crippen molar-refractivity contribution in [2.24, 2.45) is 0 Å². The number of fused-ring (bicyclic) bond motifs is 1. The van der Waals surface area contributed by atoms with Crippen molar-refractivity contribution in [2.75, 3.05) is 11.5 Å². The highest BCUT2D eigenvalue weighted by Crippen LogP contribution is 2.26. The third-order valence-corrected chi connectivity index (χ3v) is 5.33. The van der Waals surface area contributed by atoms with Crippen LogP contribution in [-0.2, 0) is 6.54 Å². The summed E-state index contributed by atoms with van der Waals surface area (Å²) in [7, 11) is 0. The van der Waals surface area contributed by atoms with E-state index in [0.29, 0.717) is 17.7 Å². The van der Waals surface area contributed by atoms with Crippen LogP contribution in [0.25, 0.3) is 10.9 Å². The van der Waals surface area contributed by atoms with E-state index < -0.39 is 0 Å². The number of rotatable bonds is 6. The number of aromatic amines is 1. The van der Waals surface area contributed by atoms with Crippen LogP contribution in [0.15, 0.2) is 71.8 Å². The van der Waals surface area contributed by atoms with Gasteiger partial charge in [0.05, 0.1) is 18.7 Å². The molecule has 4 rings (SSSR count). The Labute approximate surface area is 186 Å². The molecule has 6 nitrogen and oxygen atoms in total. The van der Waals surface area contributed by atoms with Gasteiger partial charge in [0.25, 0.3) is 11.5 Å². The number of anilines is 1. The van der Waals surface area contributed by atoms with Crippen LogP contribution in [0.1, 0.15) is 34.0 Å². The molecule has 0 atom stereocenters. The second-order valence-corrected chi connectivity index (χ2v) is 7.73. The lowest BCUT2D eigenvalue weighted by molar-refractivity contribution is 0.0984. The fraction of sp³-hybridized carbons (Fsp3) is 0.192. The molecule has 6 heteroatoms. The maximum atomic E-state index is 13.5. The molecule has 1 N–H and O–H groups in total. The smallest absolute Gasteiger partial charge is 0.260 e. The topological polar surface area (TPSA) is 75.3 Å². The predicted molar refractivity (Wildman–Crippen MR) is 126 cm³/mol. The molecule has 0 saturated carbocycles. The number of pyridine rings is 2. The van der Waals surface area contributed by atoms with Crippen LogP contribution in [0.4, 0.5) is 5.69 Å². The van der Waals surface area contributed by atoms with Crippen LogP contribution in [0.2, 0.25) is 0 Å². The second-order valence-electron chi connectivity index (χ2n) is 7.73. The molecule has 0 aliphatic heterocycles. The Morgan fingerprint density at radius 3 is 2.66 bits per heavy atom. The number of nitrogens with one attached hydrogen (secondary N) is 1. The van der Waals surface area contributed by atoms with E-state index in [0.717, 1.165) is 33.5 Å². The fourth-order valence-corrected chi connectivity index (χ4v) is 3.79. The van der Waals surface area contributed by atoms with Crippen LogP contribution in [0.5, 0.6) is 5.75 Å². The molecular weight excluding hydrogens is 402 g/mol. The Balaban J connectivity index is 1.79. The van der Waals surface area contributed by atoms with Crippen molar-refractivity contribution in [3.63, 3.8) is 0 Å². The Hall–Kier alpha value is -3.93. The van der Waals surface area contributed by atoms with Gasteiger partial charge >= 0.3 is 0 Å². The summed E-state index contributed by atoms with van der Waals surface area (Å²) in [6.45, 7) is 6.58. The third-order valence-electron chi connectivity index (χ3n) is 5.33. The zero-order chi connectivity index (χ0) is 22.7. The first kappa shape index (κ1) is 21.3. The van der Waals surface area contributed by atoms with E-state index in [4.69, 9.17) is 4.74 Å². The second kappa shape index (κ2) is 9.06. The van der Waals surface area contributed by atoms with E-state index in [1.54, 1.807) is 23.2 Å². The number of H-pyrrole nitrogens is 1. The van der Waals surface area contributed by atoms with E-state index >= 15 is 0 Å². The molecule has 162 valence electrons. The summed E-state index contributed by atoms with van der Waals surface area (Å²) in [6.07, 6.45) is 3.17. The lowest BCUT2D eigenvalue weighted by Gasteiger charge is -2.25. The molecule has 0 spiro atoms. The molecule has 0 aliphatic rings. The standard InChI is InChI=1S/C26H25N3O3/c1-4-32-22-8-9-23-20(14-22)13-21(25(30)28-23)16-29(24-10-7-17(2)12-18(24)3)26(31)19-6-5-11-27-15-19/h5-15H,4,16H2,1-3H3,(H,28,30). The number of benzene rings is 2. The molecule has 1 amide bonds. The number of nitrogens with zero attached hydrogens (tertiary/aromatic N) is 2. The maximum Gasteiger partial charge on any atom is 0.260 e. The van der Waals surface area contributed by atoms with Crippen molar-refractivity contribution in [1.29, 1.82) is 0 Å². The summed E-state index contributed by atoms with van der Waals surface area (Å²) in [5, 5.41) is 0.847. The summed E-state index contributed by atoms with van der Waals surface area (Å²) < 4.78 is 5.59. The van der Waals surface area contributed by atoms with Crippen molar-refractivity contribution >= 4 is 22.5 Å². The summed E-state index contributed by atoms with van der Waals surface area (Å²) in [6, 6.07) is 16.7. The molecule has 0 aliphatic carbocycles. The largest absolute Gasteiger partial charge is 0.494 e. The number of carbonyl (C=O) groups excluding carboxylic acids is 1. The van der Waals surface area contributed by atoms with Crippen molar-refractivity contribution in [1.82, 2.24) is 9.97 Å². The van der Waals surface area contributed by atoms with Gasteiger partial charge in [-0.2, -0.15) is 0 Å². The number of ether oxygens (including phenoxy) is 1. The Bertz CT molecular complexity index is 1330. The van der Waals surface area contributed by atoms with Gasteiger partial charge in [-0.05, 0) is 68.8 Å². The Morgan fingerprint density at radius 1 is 1.09 bits per heavy atom. The first-order chi connectivity index (χ1) is 15.5. The molecule has 2 aromatic heterocycles. The highest BCUT2D eigenvalue weighted by molar-refractivity contribution is 6.06. The lowest BCUT2D eigenvalue weighted by Crippen LogP contribution is -2.33. The summed E-state index contributed by atoms with van der Waals surface area (Å²) in [5.74, 6) is 0.517. The van der Waals surface area contributed by atoms with Gasteiger partial charge in [0.2, 0.25) is 0 Å². The van der Waals surface area contributed by atoms with E-state index in [9.17, 15) is 9.59 Å². The van der Waals surface area contributed by atoms with Gasteiger partial charge in [-0.3, -0.25) is 14.6 Å². The fourth-order valence-electron chi connectivity index (χ4n) is 3.79.